The summed E-state index contributed by atoms with van der Waals surface area (Å²) in [6.07, 6.45) is 3.35. The van der Waals surface area contributed by atoms with Crippen molar-refractivity contribution in [3.05, 3.63) is 58.5 Å². The van der Waals surface area contributed by atoms with Crippen LogP contribution in [0, 0.1) is 5.92 Å². The number of carbonyl (C=O) groups is 1. The molecule has 0 bridgehead atoms. The molecule has 0 spiro atoms. The lowest BCUT2D eigenvalue weighted by atomic mass is 10.1. The number of aromatic nitrogens is 6. The number of rotatable bonds is 5. The predicted octanol–water partition coefficient (Wildman–Crippen LogP) is -0.0710. The fraction of sp³-hybridized carbons (Fsp3) is 0.353. The van der Waals surface area contributed by atoms with Crippen molar-refractivity contribution < 1.29 is 4.79 Å². The summed E-state index contributed by atoms with van der Waals surface area (Å²) in [6, 6.07) is 7.26. The molecule has 1 amide bonds. The minimum atomic E-state index is -0.309. The first kappa shape index (κ1) is 17.2. The van der Waals surface area contributed by atoms with E-state index >= 15 is 0 Å². The first-order valence-corrected chi connectivity index (χ1v) is 8.72. The van der Waals surface area contributed by atoms with Gasteiger partial charge in [-0.15, -0.1) is 5.10 Å². The Balaban J connectivity index is 1.37. The molecule has 1 fully saturated rings. The van der Waals surface area contributed by atoms with E-state index < -0.39 is 0 Å². The first-order chi connectivity index (χ1) is 13.1. The largest absolute Gasteiger partial charge is 0.348 e. The predicted molar refractivity (Wildman–Crippen MR) is 96.3 cm³/mol. The summed E-state index contributed by atoms with van der Waals surface area (Å²) in [4.78, 5) is 28.5. The molecule has 3 aromatic rings. The highest BCUT2D eigenvalue weighted by molar-refractivity contribution is 5.94. The Bertz CT molecular complexity index is 959. The number of benzene rings is 1. The van der Waals surface area contributed by atoms with Crippen molar-refractivity contribution in [2.75, 3.05) is 13.1 Å². The Morgan fingerprint density at radius 2 is 2.11 bits per heavy atom. The molecule has 2 atom stereocenters. The van der Waals surface area contributed by atoms with Crippen molar-refractivity contribution in [2.24, 2.45) is 5.92 Å². The van der Waals surface area contributed by atoms with E-state index in [0.717, 1.165) is 12.2 Å². The van der Waals surface area contributed by atoms with Gasteiger partial charge in [0.25, 0.3) is 5.91 Å². The Hall–Kier alpha value is -3.27. The van der Waals surface area contributed by atoms with E-state index in [1.54, 1.807) is 29.2 Å². The van der Waals surface area contributed by atoms with Crippen LogP contribution in [0.15, 0.2) is 41.5 Å². The minimum absolute atomic E-state index is 0.0400. The number of likely N-dealkylation sites (tertiary alicyclic amines) is 1. The molecule has 1 saturated heterocycles. The third-order valence-corrected chi connectivity index (χ3v) is 4.74. The molecule has 1 aromatic carbocycles. The highest BCUT2D eigenvalue weighted by Crippen LogP contribution is 2.18. The second-order valence-corrected chi connectivity index (χ2v) is 6.77. The summed E-state index contributed by atoms with van der Waals surface area (Å²) >= 11 is 0. The van der Waals surface area contributed by atoms with E-state index in [-0.39, 0.29) is 17.6 Å². The molecule has 10 nitrogen and oxygen atoms in total. The number of hydrogen-bond donors (Lipinski definition) is 3. The first-order valence-electron chi connectivity index (χ1n) is 8.72. The SMILES string of the molecule is C[C@@H]1CN(Cc2n[nH]c(=O)[nH]2)C[C@H]1NC(=O)c1ccc(-n2ccnn2)cc1. The Labute approximate surface area is 154 Å². The number of aromatic amines is 2. The molecule has 0 unspecified atom stereocenters. The summed E-state index contributed by atoms with van der Waals surface area (Å²) in [5.74, 6) is 0.795. The summed E-state index contributed by atoms with van der Waals surface area (Å²) in [5, 5.41) is 17.1. The standard InChI is InChI=1S/C17H20N8O2/c1-11-8-24(10-15-20-17(27)22-21-15)9-14(11)19-16(26)12-2-4-13(5-3-12)25-7-6-18-23-25/h2-7,11,14H,8-10H2,1H3,(H,19,26)(H2,20,21,22,27)/t11-,14-/m1/s1. The maximum Gasteiger partial charge on any atom is 0.340 e. The number of H-pyrrole nitrogens is 2. The lowest BCUT2D eigenvalue weighted by Crippen LogP contribution is -2.39. The molecule has 4 rings (SSSR count). The van der Waals surface area contributed by atoms with Gasteiger partial charge in [-0.3, -0.25) is 14.7 Å². The monoisotopic (exact) mass is 368 g/mol. The van der Waals surface area contributed by atoms with Crippen molar-refractivity contribution >= 4 is 5.91 Å². The topological polar surface area (TPSA) is 125 Å². The van der Waals surface area contributed by atoms with Crippen LogP contribution in [0.2, 0.25) is 0 Å². The van der Waals surface area contributed by atoms with Gasteiger partial charge in [-0.05, 0) is 30.2 Å². The highest BCUT2D eigenvalue weighted by Gasteiger charge is 2.31. The molecule has 0 aliphatic carbocycles. The normalized spacial score (nSPS) is 20.0. The van der Waals surface area contributed by atoms with Gasteiger partial charge in [-0.25, -0.2) is 14.6 Å². The quantitative estimate of drug-likeness (QED) is 0.579. The van der Waals surface area contributed by atoms with Gasteiger partial charge in [-0.1, -0.05) is 12.1 Å². The summed E-state index contributed by atoms with van der Waals surface area (Å²) < 4.78 is 1.64. The molecule has 0 radical (unpaired) electrons. The fourth-order valence-electron chi connectivity index (χ4n) is 3.34. The van der Waals surface area contributed by atoms with Gasteiger partial charge < -0.3 is 5.32 Å². The van der Waals surface area contributed by atoms with E-state index in [1.807, 2.05) is 12.1 Å². The molecule has 10 heteroatoms. The molecule has 27 heavy (non-hydrogen) atoms. The smallest absolute Gasteiger partial charge is 0.340 e. The van der Waals surface area contributed by atoms with Crippen LogP contribution in [-0.4, -0.2) is 60.1 Å². The van der Waals surface area contributed by atoms with Crippen LogP contribution in [0.4, 0.5) is 0 Å². The van der Waals surface area contributed by atoms with Crippen molar-refractivity contribution in [3.63, 3.8) is 0 Å². The maximum absolute atomic E-state index is 12.6. The Morgan fingerprint density at radius 3 is 2.78 bits per heavy atom. The Kier molecular flexibility index (Phi) is 4.55. The van der Waals surface area contributed by atoms with Crippen molar-refractivity contribution in [1.29, 1.82) is 0 Å². The zero-order valence-corrected chi connectivity index (χ0v) is 14.8. The second kappa shape index (κ2) is 7.16. The average Bonchev–Trinajstić information content (AvgIpc) is 3.39. The van der Waals surface area contributed by atoms with E-state index in [0.29, 0.717) is 30.4 Å². The minimum Gasteiger partial charge on any atom is -0.348 e. The zero-order chi connectivity index (χ0) is 18.8. The molecular weight excluding hydrogens is 348 g/mol. The lowest BCUT2D eigenvalue weighted by molar-refractivity contribution is 0.0931. The van der Waals surface area contributed by atoms with E-state index in [9.17, 15) is 9.59 Å². The number of carbonyl (C=O) groups excluding carboxylic acids is 1. The third-order valence-electron chi connectivity index (χ3n) is 4.74. The molecule has 3 heterocycles. The highest BCUT2D eigenvalue weighted by atomic mass is 16.2. The molecule has 1 aliphatic heterocycles. The Morgan fingerprint density at radius 1 is 1.30 bits per heavy atom. The van der Waals surface area contributed by atoms with Gasteiger partial charge in [0.05, 0.1) is 24.6 Å². The van der Waals surface area contributed by atoms with Gasteiger partial charge in [0.2, 0.25) is 0 Å². The van der Waals surface area contributed by atoms with Crippen molar-refractivity contribution in [3.8, 4) is 5.69 Å². The number of amides is 1. The van der Waals surface area contributed by atoms with Gasteiger partial charge in [0.15, 0.2) is 0 Å². The van der Waals surface area contributed by atoms with Crippen LogP contribution in [0.1, 0.15) is 23.1 Å². The van der Waals surface area contributed by atoms with Crippen LogP contribution in [-0.2, 0) is 6.54 Å². The number of nitrogens with zero attached hydrogens (tertiary/aromatic N) is 5. The summed E-state index contributed by atoms with van der Waals surface area (Å²) in [6.45, 7) is 4.18. The molecule has 140 valence electrons. The third kappa shape index (κ3) is 3.80. The summed E-state index contributed by atoms with van der Waals surface area (Å²) in [5.41, 5.74) is 1.13. The van der Waals surface area contributed by atoms with Crippen molar-refractivity contribution in [1.82, 2.24) is 40.4 Å². The van der Waals surface area contributed by atoms with Crippen LogP contribution < -0.4 is 11.0 Å². The van der Waals surface area contributed by atoms with E-state index in [1.165, 1.54) is 0 Å². The van der Waals surface area contributed by atoms with Gasteiger partial charge in [0.1, 0.15) is 5.82 Å². The van der Waals surface area contributed by atoms with E-state index in [2.05, 4.69) is 42.6 Å². The van der Waals surface area contributed by atoms with Gasteiger partial charge >= 0.3 is 5.69 Å². The molecule has 2 aromatic heterocycles. The van der Waals surface area contributed by atoms with Gasteiger partial charge in [-0.2, -0.15) is 5.10 Å². The van der Waals surface area contributed by atoms with Crippen LogP contribution >= 0.6 is 0 Å². The second-order valence-electron chi connectivity index (χ2n) is 6.77. The average molecular weight is 368 g/mol. The maximum atomic E-state index is 12.6. The molecular formula is C17H20N8O2. The molecule has 3 N–H and O–H groups in total. The van der Waals surface area contributed by atoms with Crippen molar-refractivity contribution in [2.45, 2.75) is 19.5 Å². The molecule has 0 saturated carbocycles. The fourth-order valence-corrected chi connectivity index (χ4v) is 3.34. The van der Waals surface area contributed by atoms with Gasteiger partial charge in [0, 0.05) is 24.7 Å². The zero-order valence-electron chi connectivity index (χ0n) is 14.8. The van der Waals surface area contributed by atoms with Crippen LogP contribution in [0.25, 0.3) is 5.69 Å². The molecule has 1 aliphatic rings. The van der Waals surface area contributed by atoms with Crippen LogP contribution in [0.5, 0.6) is 0 Å². The number of hydrogen-bond acceptors (Lipinski definition) is 6. The van der Waals surface area contributed by atoms with Crippen LogP contribution in [0.3, 0.4) is 0 Å². The van der Waals surface area contributed by atoms with E-state index in [4.69, 9.17) is 0 Å². The number of nitrogens with one attached hydrogen (secondary N) is 3. The lowest BCUT2D eigenvalue weighted by Gasteiger charge is -2.17. The summed E-state index contributed by atoms with van der Waals surface area (Å²) in [7, 11) is 0.